The summed E-state index contributed by atoms with van der Waals surface area (Å²) in [6.07, 6.45) is 8.25. The third-order valence-electron chi connectivity index (χ3n) is 1.70. The van der Waals surface area contributed by atoms with Gasteiger partial charge in [-0.2, -0.15) is 0 Å². The molecule has 0 aromatic carbocycles. The highest BCUT2D eigenvalue weighted by molar-refractivity contribution is 5.77. The first kappa shape index (κ1) is 7.06. The van der Waals surface area contributed by atoms with Crippen LogP contribution in [-0.4, -0.2) is 6.21 Å². The molecule has 3 N–H and O–H groups in total. The molecule has 0 saturated carbocycles. The third-order valence-corrected chi connectivity index (χ3v) is 1.70. The second-order valence-electron chi connectivity index (χ2n) is 2.46. The van der Waals surface area contributed by atoms with Crippen LogP contribution < -0.4 is 5.73 Å². The fourth-order valence-corrected chi connectivity index (χ4v) is 1.12. The summed E-state index contributed by atoms with van der Waals surface area (Å²) in [5.41, 5.74) is 7.58. The zero-order valence-electron chi connectivity index (χ0n) is 5.93. The number of nitrogens with two attached hydrogens (primary N) is 1. The van der Waals surface area contributed by atoms with E-state index < -0.39 is 0 Å². The van der Waals surface area contributed by atoms with Gasteiger partial charge in [0.1, 0.15) is 0 Å². The lowest BCUT2D eigenvalue weighted by Gasteiger charge is -2.10. The molecule has 0 fully saturated rings. The molecule has 1 aliphatic rings. The number of hydrogen-bond acceptors (Lipinski definition) is 2. The Morgan fingerprint density at radius 1 is 1.50 bits per heavy atom. The molecular weight excluding hydrogens is 124 g/mol. The van der Waals surface area contributed by atoms with E-state index in [9.17, 15) is 0 Å². The lowest BCUT2D eigenvalue weighted by molar-refractivity contribution is 0.804. The quantitative estimate of drug-likeness (QED) is 0.528. The molecule has 1 aliphatic carbocycles. The molecular formula is C8H12N2. The number of nitrogens with one attached hydrogen (secondary N) is 1. The van der Waals surface area contributed by atoms with Crippen molar-refractivity contribution < 1.29 is 0 Å². The Morgan fingerprint density at radius 3 is 2.90 bits per heavy atom. The standard InChI is InChI=1S/C8H12N2/c9-5-7-2-1-3-8(4-7)6-10/h4-6,9H,1-3,10H2/b8-6+,9-5?. The summed E-state index contributed by atoms with van der Waals surface area (Å²) in [4.78, 5) is 0. The Balaban J connectivity index is 2.75. The molecule has 10 heavy (non-hydrogen) atoms. The molecule has 0 aromatic rings. The Bertz CT molecular complexity index is 189. The maximum absolute atomic E-state index is 7.00. The van der Waals surface area contributed by atoms with Crippen molar-refractivity contribution >= 4 is 6.21 Å². The van der Waals surface area contributed by atoms with Crippen molar-refractivity contribution in [3.8, 4) is 0 Å². The average molecular weight is 136 g/mol. The van der Waals surface area contributed by atoms with Crippen LogP contribution in [0.1, 0.15) is 19.3 Å². The predicted molar refractivity (Wildman–Crippen MR) is 43.0 cm³/mol. The molecule has 0 aliphatic heterocycles. The average Bonchev–Trinajstić information content (AvgIpc) is 2.05. The van der Waals surface area contributed by atoms with Crippen molar-refractivity contribution in [2.24, 2.45) is 5.73 Å². The molecule has 1 rings (SSSR count). The van der Waals surface area contributed by atoms with Crippen molar-refractivity contribution in [2.75, 3.05) is 0 Å². The van der Waals surface area contributed by atoms with Gasteiger partial charge >= 0.3 is 0 Å². The summed E-state index contributed by atoms with van der Waals surface area (Å²) < 4.78 is 0. The van der Waals surface area contributed by atoms with E-state index in [1.54, 1.807) is 6.20 Å². The summed E-state index contributed by atoms with van der Waals surface area (Å²) in [6.45, 7) is 0. The van der Waals surface area contributed by atoms with Crippen molar-refractivity contribution in [1.29, 1.82) is 5.41 Å². The second-order valence-corrected chi connectivity index (χ2v) is 2.46. The summed E-state index contributed by atoms with van der Waals surface area (Å²) in [5, 5.41) is 7.00. The van der Waals surface area contributed by atoms with E-state index in [4.69, 9.17) is 11.1 Å². The summed E-state index contributed by atoms with van der Waals surface area (Å²) in [7, 11) is 0. The minimum Gasteiger partial charge on any atom is -0.404 e. The van der Waals surface area contributed by atoms with Gasteiger partial charge in [-0.25, -0.2) is 0 Å². The van der Waals surface area contributed by atoms with Gasteiger partial charge < -0.3 is 11.1 Å². The number of rotatable bonds is 1. The Kier molecular flexibility index (Phi) is 2.26. The first-order valence-corrected chi connectivity index (χ1v) is 3.48. The van der Waals surface area contributed by atoms with Crippen molar-refractivity contribution in [3.63, 3.8) is 0 Å². The lowest BCUT2D eigenvalue weighted by atomic mass is 9.97. The van der Waals surface area contributed by atoms with Crippen LogP contribution in [0.2, 0.25) is 0 Å². The van der Waals surface area contributed by atoms with E-state index in [1.807, 2.05) is 6.08 Å². The Labute approximate surface area is 60.9 Å². The van der Waals surface area contributed by atoms with Crippen LogP contribution in [-0.2, 0) is 0 Å². The highest BCUT2D eigenvalue weighted by Crippen LogP contribution is 2.19. The minimum atomic E-state index is 1.03. The summed E-state index contributed by atoms with van der Waals surface area (Å²) in [5.74, 6) is 0. The van der Waals surface area contributed by atoms with Crippen LogP contribution in [0.5, 0.6) is 0 Å². The maximum atomic E-state index is 7.00. The predicted octanol–water partition coefficient (Wildman–Crippen LogP) is 1.59. The monoisotopic (exact) mass is 136 g/mol. The lowest BCUT2D eigenvalue weighted by Crippen LogP contribution is -1.97. The highest BCUT2D eigenvalue weighted by atomic mass is 14.5. The van der Waals surface area contributed by atoms with E-state index in [-0.39, 0.29) is 0 Å². The van der Waals surface area contributed by atoms with E-state index in [0.29, 0.717) is 0 Å². The van der Waals surface area contributed by atoms with Crippen molar-refractivity contribution in [3.05, 3.63) is 23.4 Å². The van der Waals surface area contributed by atoms with Gasteiger partial charge in [0, 0.05) is 6.21 Å². The molecule has 0 amide bonds. The zero-order valence-corrected chi connectivity index (χ0v) is 5.93. The van der Waals surface area contributed by atoms with Crippen molar-refractivity contribution in [2.45, 2.75) is 19.3 Å². The molecule has 0 spiro atoms. The van der Waals surface area contributed by atoms with Crippen LogP contribution in [0.15, 0.2) is 23.4 Å². The van der Waals surface area contributed by atoms with Gasteiger partial charge in [-0.15, -0.1) is 0 Å². The second kappa shape index (κ2) is 3.20. The molecule has 2 nitrogen and oxygen atoms in total. The fraction of sp³-hybridized carbons (Fsp3) is 0.375. The van der Waals surface area contributed by atoms with E-state index in [1.165, 1.54) is 6.21 Å². The number of allylic oxidation sites excluding steroid dienone is 3. The first-order valence-electron chi connectivity index (χ1n) is 3.48. The van der Waals surface area contributed by atoms with Gasteiger partial charge in [0.2, 0.25) is 0 Å². The van der Waals surface area contributed by atoms with E-state index in [0.717, 1.165) is 30.4 Å². The smallest absolute Gasteiger partial charge is 0.0209 e. The molecule has 0 heterocycles. The van der Waals surface area contributed by atoms with Gasteiger partial charge in [0.15, 0.2) is 0 Å². The van der Waals surface area contributed by atoms with Crippen LogP contribution in [0.25, 0.3) is 0 Å². The highest BCUT2D eigenvalue weighted by Gasteiger charge is 2.03. The van der Waals surface area contributed by atoms with Gasteiger partial charge in [-0.1, -0.05) is 6.08 Å². The zero-order chi connectivity index (χ0) is 7.40. The molecule has 0 bridgehead atoms. The minimum absolute atomic E-state index is 1.03. The van der Waals surface area contributed by atoms with Gasteiger partial charge in [0.25, 0.3) is 0 Å². The van der Waals surface area contributed by atoms with Crippen LogP contribution >= 0.6 is 0 Å². The third kappa shape index (κ3) is 1.47. The normalized spacial score (nSPS) is 22.4. The van der Waals surface area contributed by atoms with Crippen molar-refractivity contribution in [1.82, 2.24) is 0 Å². The number of hydrogen-bond donors (Lipinski definition) is 2. The van der Waals surface area contributed by atoms with Crippen LogP contribution in [0, 0.1) is 5.41 Å². The molecule has 0 aromatic heterocycles. The summed E-state index contributed by atoms with van der Waals surface area (Å²) >= 11 is 0. The molecule has 0 unspecified atom stereocenters. The summed E-state index contributed by atoms with van der Waals surface area (Å²) in [6, 6.07) is 0. The maximum Gasteiger partial charge on any atom is 0.0209 e. The Morgan fingerprint density at radius 2 is 2.30 bits per heavy atom. The Hall–Kier alpha value is -1.05. The molecule has 0 saturated heterocycles. The van der Waals surface area contributed by atoms with Gasteiger partial charge in [0.05, 0.1) is 0 Å². The molecule has 2 heteroatoms. The van der Waals surface area contributed by atoms with Gasteiger partial charge in [-0.05, 0) is 36.6 Å². The molecule has 54 valence electrons. The topological polar surface area (TPSA) is 49.9 Å². The SMILES string of the molecule is N=CC1=C/C(=C/N)CCC1. The van der Waals surface area contributed by atoms with E-state index >= 15 is 0 Å². The molecule has 0 radical (unpaired) electrons. The van der Waals surface area contributed by atoms with E-state index in [2.05, 4.69) is 0 Å². The van der Waals surface area contributed by atoms with Crippen LogP contribution in [0.3, 0.4) is 0 Å². The largest absolute Gasteiger partial charge is 0.404 e. The van der Waals surface area contributed by atoms with Gasteiger partial charge in [-0.3, -0.25) is 0 Å². The first-order chi connectivity index (χ1) is 4.86. The fourth-order valence-electron chi connectivity index (χ4n) is 1.12. The molecule has 0 atom stereocenters. The van der Waals surface area contributed by atoms with Crippen LogP contribution in [0.4, 0.5) is 0 Å².